The van der Waals surface area contributed by atoms with E-state index >= 15 is 0 Å². The maximum absolute atomic E-state index is 4.51. The Hall–Kier alpha value is -1.09. The van der Waals surface area contributed by atoms with Gasteiger partial charge in [0.25, 0.3) is 0 Å². The molecule has 0 spiro atoms. The first kappa shape index (κ1) is 10.1. The van der Waals surface area contributed by atoms with Crippen LogP contribution >= 0.6 is 0 Å². The van der Waals surface area contributed by atoms with Crippen molar-refractivity contribution in [3.63, 3.8) is 0 Å². The van der Waals surface area contributed by atoms with E-state index in [1.807, 2.05) is 12.3 Å². The van der Waals surface area contributed by atoms with Crippen LogP contribution in [-0.2, 0) is 6.42 Å². The molecule has 1 N–H and O–H groups in total. The Morgan fingerprint density at radius 1 is 1.50 bits per heavy atom. The van der Waals surface area contributed by atoms with Gasteiger partial charge in [-0.2, -0.15) is 0 Å². The number of pyridine rings is 1. The largest absolute Gasteiger partial charge is 0.356 e. The molecule has 1 aromatic heterocycles. The molecule has 1 saturated heterocycles. The fourth-order valence-corrected chi connectivity index (χ4v) is 2.84. The molecular formula is C13H19N3. The van der Waals surface area contributed by atoms with E-state index in [2.05, 4.69) is 21.3 Å². The SMILES string of the molecule is c1cnc2c(c1)CCN2CC1CCCNC1. The lowest BCUT2D eigenvalue weighted by Crippen LogP contribution is -2.37. The number of rotatable bonds is 2. The smallest absolute Gasteiger partial charge is 0.131 e. The molecular weight excluding hydrogens is 198 g/mol. The minimum atomic E-state index is 0.807. The van der Waals surface area contributed by atoms with Crippen LogP contribution in [0.1, 0.15) is 18.4 Å². The summed E-state index contributed by atoms with van der Waals surface area (Å²) in [6, 6.07) is 4.26. The van der Waals surface area contributed by atoms with Crippen LogP contribution in [0.4, 0.5) is 5.82 Å². The Morgan fingerprint density at radius 2 is 2.50 bits per heavy atom. The lowest BCUT2D eigenvalue weighted by molar-refractivity contribution is 0.378. The lowest BCUT2D eigenvalue weighted by atomic mass is 9.99. The average molecular weight is 217 g/mol. The maximum Gasteiger partial charge on any atom is 0.131 e. The van der Waals surface area contributed by atoms with Crippen molar-refractivity contribution in [2.24, 2.45) is 5.92 Å². The van der Waals surface area contributed by atoms with Crippen LogP contribution in [0.5, 0.6) is 0 Å². The molecule has 1 aromatic rings. The second-order valence-electron chi connectivity index (χ2n) is 4.89. The summed E-state index contributed by atoms with van der Waals surface area (Å²) in [5.41, 5.74) is 1.42. The third-order valence-electron chi connectivity index (χ3n) is 3.70. The molecule has 3 heteroatoms. The zero-order chi connectivity index (χ0) is 10.8. The molecule has 1 fully saturated rings. The highest BCUT2D eigenvalue weighted by Gasteiger charge is 2.23. The summed E-state index contributed by atoms with van der Waals surface area (Å²) in [7, 11) is 0. The summed E-state index contributed by atoms with van der Waals surface area (Å²) in [5.74, 6) is 2.04. The standard InChI is InChI=1S/C13H19N3/c1-3-11(9-14-6-1)10-16-8-5-12-4-2-7-15-13(12)16/h2,4,7,11,14H,1,3,5-6,8-10H2. The molecule has 0 aromatic carbocycles. The van der Waals surface area contributed by atoms with Crippen LogP contribution in [0, 0.1) is 5.92 Å². The molecule has 0 saturated carbocycles. The Kier molecular flexibility index (Phi) is 2.79. The summed E-state index contributed by atoms with van der Waals surface area (Å²) in [5, 5.41) is 3.49. The Bertz CT molecular complexity index is 358. The quantitative estimate of drug-likeness (QED) is 0.812. The summed E-state index contributed by atoms with van der Waals surface area (Å²) in [6.45, 7) is 4.71. The van der Waals surface area contributed by atoms with E-state index in [4.69, 9.17) is 0 Å². The van der Waals surface area contributed by atoms with Gasteiger partial charge in [0.2, 0.25) is 0 Å². The fourth-order valence-electron chi connectivity index (χ4n) is 2.84. The van der Waals surface area contributed by atoms with Gasteiger partial charge < -0.3 is 10.2 Å². The highest BCUT2D eigenvalue weighted by atomic mass is 15.2. The average Bonchev–Trinajstić information content (AvgIpc) is 2.74. The van der Waals surface area contributed by atoms with Gasteiger partial charge in [-0.3, -0.25) is 0 Å². The third kappa shape index (κ3) is 1.92. The third-order valence-corrected chi connectivity index (χ3v) is 3.70. The zero-order valence-electron chi connectivity index (χ0n) is 9.65. The predicted octanol–water partition coefficient (Wildman–Crippen LogP) is 1.44. The number of nitrogens with zero attached hydrogens (tertiary/aromatic N) is 2. The van der Waals surface area contributed by atoms with Crippen LogP contribution < -0.4 is 10.2 Å². The Morgan fingerprint density at radius 3 is 3.38 bits per heavy atom. The number of anilines is 1. The zero-order valence-corrected chi connectivity index (χ0v) is 9.65. The van der Waals surface area contributed by atoms with Crippen molar-refractivity contribution in [2.75, 3.05) is 31.1 Å². The fraction of sp³-hybridized carbons (Fsp3) is 0.615. The number of nitrogens with one attached hydrogen (secondary N) is 1. The monoisotopic (exact) mass is 217 g/mol. The van der Waals surface area contributed by atoms with Gasteiger partial charge in [-0.15, -0.1) is 0 Å². The van der Waals surface area contributed by atoms with E-state index in [-0.39, 0.29) is 0 Å². The number of piperidine rings is 1. The number of fused-ring (bicyclic) bond motifs is 1. The van der Waals surface area contributed by atoms with Crippen LogP contribution in [0.15, 0.2) is 18.3 Å². The van der Waals surface area contributed by atoms with Crippen LogP contribution in [0.25, 0.3) is 0 Å². The van der Waals surface area contributed by atoms with Gasteiger partial charge in [0.15, 0.2) is 0 Å². The molecule has 0 amide bonds. The summed E-state index contributed by atoms with van der Waals surface area (Å²) < 4.78 is 0. The Balaban J connectivity index is 1.68. The van der Waals surface area contributed by atoms with Gasteiger partial charge in [0.1, 0.15) is 5.82 Å². The maximum atomic E-state index is 4.51. The van der Waals surface area contributed by atoms with Crippen LogP contribution in [-0.4, -0.2) is 31.2 Å². The van der Waals surface area contributed by atoms with E-state index in [1.54, 1.807) is 0 Å². The van der Waals surface area contributed by atoms with Gasteiger partial charge in [0.05, 0.1) is 0 Å². The molecule has 3 heterocycles. The van der Waals surface area contributed by atoms with Crippen LogP contribution in [0.2, 0.25) is 0 Å². The van der Waals surface area contributed by atoms with Crippen molar-refractivity contribution in [1.29, 1.82) is 0 Å². The molecule has 0 aliphatic carbocycles. The topological polar surface area (TPSA) is 28.2 Å². The van der Waals surface area contributed by atoms with Crippen molar-refractivity contribution < 1.29 is 0 Å². The summed E-state index contributed by atoms with van der Waals surface area (Å²) >= 11 is 0. The molecule has 0 bridgehead atoms. The minimum Gasteiger partial charge on any atom is -0.356 e. The van der Waals surface area contributed by atoms with Gasteiger partial charge in [0, 0.05) is 19.3 Å². The molecule has 1 unspecified atom stereocenters. The second-order valence-corrected chi connectivity index (χ2v) is 4.89. The second kappa shape index (κ2) is 4.42. The summed E-state index contributed by atoms with van der Waals surface area (Å²) in [4.78, 5) is 6.98. The molecule has 16 heavy (non-hydrogen) atoms. The molecule has 3 nitrogen and oxygen atoms in total. The summed E-state index contributed by atoms with van der Waals surface area (Å²) in [6.07, 6.45) is 5.78. The van der Waals surface area contributed by atoms with Crippen molar-refractivity contribution >= 4 is 5.82 Å². The lowest BCUT2D eigenvalue weighted by Gasteiger charge is -2.28. The van der Waals surface area contributed by atoms with E-state index in [0.29, 0.717) is 0 Å². The van der Waals surface area contributed by atoms with E-state index in [1.165, 1.54) is 50.3 Å². The molecule has 2 aliphatic rings. The van der Waals surface area contributed by atoms with Gasteiger partial charge >= 0.3 is 0 Å². The van der Waals surface area contributed by atoms with E-state index in [0.717, 1.165) is 12.5 Å². The first-order valence-corrected chi connectivity index (χ1v) is 6.33. The highest BCUT2D eigenvalue weighted by Crippen LogP contribution is 2.26. The van der Waals surface area contributed by atoms with E-state index < -0.39 is 0 Å². The van der Waals surface area contributed by atoms with Crippen molar-refractivity contribution in [1.82, 2.24) is 10.3 Å². The first-order valence-electron chi connectivity index (χ1n) is 6.33. The Labute approximate surface area is 96.9 Å². The van der Waals surface area contributed by atoms with Gasteiger partial charge in [-0.05, 0) is 49.9 Å². The minimum absolute atomic E-state index is 0.807. The highest BCUT2D eigenvalue weighted by molar-refractivity contribution is 5.51. The van der Waals surface area contributed by atoms with Gasteiger partial charge in [-0.25, -0.2) is 4.98 Å². The van der Waals surface area contributed by atoms with Gasteiger partial charge in [-0.1, -0.05) is 6.07 Å². The van der Waals surface area contributed by atoms with Crippen molar-refractivity contribution in [3.05, 3.63) is 23.9 Å². The molecule has 0 radical (unpaired) electrons. The molecule has 3 rings (SSSR count). The van der Waals surface area contributed by atoms with E-state index in [9.17, 15) is 0 Å². The molecule has 86 valence electrons. The van der Waals surface area contributed by atoms with Crippen LogP contribution in [0.3, 0.4) is 0 Å². The van der Waals surface area contributed by atoms with Crippen molar-refractivity contribution in [2.45, 2.75) is 19.3 Å². The molecule has 1 atom stereocenters. The molecule has 2 aliphatic heterocycles. The number of aromatic nitrogens is 1. The van der Waals surface area contributed by atoms with Crippen molar-refractivity contribution in [3.8, 4) is 0 Å². The normalized spacial score (nSPS) is 24.5. The first-order chi connectivity index (χ1) is 7.93. The number of hydrogen-bond acceptors (Lipinski definition) is 3. The number of hydrogen-bond donors (Lipinski definition) is 1. The predicted molar refractivity (Wildman–Crippen MR) is 65.7 cm³/mol.